The lowest BCUT2D eigenvalue weighted by atomic mass is 10.1. The number of aliphatic carboxylic acids is 1. The predicted octanol–water partition coefficient (Wildman–Crippen LogP) is 1.60. The summed E-state index contributed by atoms with van der Waals surface area (Å²) >= 11 is 3.34. The van der Waals surface area contributed by atoms with Crippen molar-refractivity contribution in [1.29, 1.82) is 0 Å². The molecule has 5 N–H and O–H groups in total. The number of nitrogens with one attached hydrogen (secondary N) is 2. The zero-order valence-corrected chi connectivity index (χ0v) is 12.9. The topological polar surface area (TPSA) is 122 Å². The van der Waals surface area contributed by atoms with E-state index in [0.717, 1.165) is 10.0 Å². The second-order valence-electron chi connectivity index (χ2n) is 4.46. The van der Waals surface area contributed by atoms with Gasteiger partial charge in [-0.15, -0.1) is 0 Å². The molecule has 0 fully saturated rings. The van der Waals surface area contributed by atoms with Crippen molar-refractivity contribution in [3.8, 4) is 0 Å². The van der Waals surface area contributed by atoms with E-state index in [9.17, 15) is 14.4 Å². The second-order valence-corrected chi connectivity index (χ2v) is 5.31. The van der Waals surface area contributed by atoms with Gasteiger partial charge in [0.2, 0.25) is 5.91 Å². The lowest BCUT2D eigenvalue weighted by molar-refractivity contribution is -0.139. The molecule has 0 aliphatic rings. The highest BCUT2D eigenvalue weighted by Crippen LogP contribution is 2.19. The lowest BCUT2D eigenvalue weighted by Gasteiger charge is -2.14. The van der Waals surface area contributed by atoms with Gasteiger partial charge in [-0.25, -0.2) is 9.59 Å². The Morgan fingerprint density at radius 2 is 2.05 bits per heavy atom. The number of benzene rings is 1. The van der Waals surface area contributed by atoms with Crippen molar-refractivity contribution >= 4 is 39.5 Å². The van der Waals surface area contributed by atoms with Gasteiger partial charge in [-0.05, 0) is 37.1 Å². The Morgan fingerprint density at radius 1 is 1.38 bits per heavy atom. The van der Waals surface area contributed by atoms with Crippen LogP contribution in [0.2, 0.25) is 0 Å². The van der Waals surface area contributed by atoms with E-state index >= 15 is 0 Å². The van der Waals surface area contributed by atoms with Gasteiger partial charge in [0, 0.05) is 16.6 Å². The molecule has 0 saturated heterocycles. The Bertz CT molecular complexity index is 562. The first-order valence-electron chi connectivity index (χ1n) is 6.14. The number of hydrogen-bond donors (Lipinski definition) is 4. The molecule has 0 radical (unpaired) electrons. The molecular weight excluding hydrogens is 342 g/mol. The van der Waals surface area contributed by atoms with E-state index < -0.39 is 23.9 Å². The van der Waals surface area contributed by atoms with Crippen LogP contribution in [0, 0.1) is 6.92 Å². The molecule has 0 bridgehead atoms. The number of anilines is 1. The van der Waals surface area contributed by atoms with Crippen molar-refractivity contribution in [2.75, 3.05) is 5.32 Å². The zero-order valence-electron chi connectivity index (χ0n) is 11.4. The van der Waals surface area contributed by atoms with E-state index in [1.54, 1.807) is 18.2 Å². The molecule has 3 amide bonds. The maximum Gasteiger partial charge on any atom is 0.326 e. The summed E-state index contributed by atoms with van der Waals surface area (Å²) < 4.78 is 0.901. The number of carbonyl (C=O) groups is 3. The van der Waals surface area contributed by atoms with Gasteiger partial charge in [0.1, 0.15) is 6.04 Å². The van der Waals surface area contributed by atoms with Gasteiger partial charge in [-0.3, -0.25) is 4.79 Å². The molecule has 0 aliphatic carbocycles. The van der Waals surface area contributed by atoms with Crippen LogP contribution in [0.25, 0.3) is 0 Å². The van der Waals surface area contributed by atoms with Crippen molar-refractivity contribution in [2.24, 2.45) is 5.73 Å². The number of halogens is 1. The molecule has 8 heteroatoms. The highest BCUT2D eigenvalue weighted by Gasteiger charge is 2.20. The number of hydrogen-bond acceptors (Lipinski definition) is 3. The van der Waals surface area contributed by atoms with Gasteiger partial charge in [-0.2, -0.15) is 0 Å². The lowest BCUT2D eigenvalue weighted by Crippen LogP contribution is -2.43. The smallest absolute Gasteiger partial charge is 0.326 e. The fourth-order valence-electron chi connectivity index (χ4n) is 1.59. The highest BCUT2D eigenvalue weighted by atomic mass is 79.9. The van der Waals surface area contributed by atoms with E-state index in [1.807, 2.05) is 6.92 Å². The first kappa shape index (κ1) is 17.0. The van der Waals surface area contributed by atoms with Crippen LogP contribution in [-0.2, 0) is 9.59 Å². The van der Waals surface area contributed by atoms with Crippen molar-refractivity contribution in [1.82, 2.24) is 5.32 Å². The Morgan fingerprint density at radius 3 is 2.57 bits per heavy atom. The van der Waals surface area contributed by atoms with E-state index in [-0.39, 0.29) is 12.8 Å². The van der Waals surface area contributed by atoms with Crippen LogP contribution in [0.1, 0.15) is 18.4 Å². The first-order chi connectivity index (χ1) is 9.79. The molecule has 21 heavy (non-hydrogen) atoms. The Kier molecular flexibility index (Phi) is 6.16. The summed E-state index contributed by atoms with van der Waals surface area (Å²) in [5.41, 5.74) is 6.42. The summed E-state index contributed by atoms with van der Waals surface area (Å²) in [6.45, 7) is 1.86. The molecule has 0 saturated carbocycles. The van der Waals surface area contributed by atoms with Crippen LogP contribution in [0.3, 0.4) is 0 Å². The molecule has 0 aromatic heterocycles. The number of nitrogens with two attached hydrogens (primary N) is 1. The average molecular weight is 358 g/mol. The van der Waals surface area contributed by atoms with E-state index in [0.29, 0.717) is 5.69 Å². The fourth-order valence-corrected chi connectivity index (χ4v) is 1.84. The number of aryl methyl sites for hydroxylation is 1. The summed E-state index contributed by atoms with van der Waals surface area (Å²) in [6.07, 6.45) is -0.175. The van der Waals surface area contributed by atoms with Crippen molar-refractivity contribution in [3.05, 3.63) is 28.2 Å². The van der Waals surface area contributed by atoms with Gasteiger partial charge >= 0.3 is 12.0 Å². The van der Waals surface area contributed by atoms with Crippen LogP contribution in [0.4, 0.5) is 10.5 Å². The number of primary amides is 1. The minimum absolute atomic E-state index is 0.0581. The summed E-state index contributed by atoms with van der Waals surface area (Å²) in [5, 5.41) is 13.8. The van der Waals surface area contributed by atoms with E-state index in [2.05, 4.69) is 26.6 Å². The third-order valence-electron chi connectivity index (χ3n) is 2.70. The monoisotopic (exact) mass is 357 g/mol. The molecule has 7 nitrogen and oxygen atoms in total. The third-order valence-corrected chi connectivity index (χ3v) is 3.59. The molecule has 1 atom stereocenters. The van der Waals surface area contributed by atoms with E-state index in [4.69, 9.17) is 10.8 Å². The van der Waals surface area contributed by atoms with Gasteiger partial charge in [0.25, 0.3) is 0 Å². The quantitative estimate of drug-likeness (QED) is 0.617. The maximum absolute atomic E-state index is 11.8. The Hall–Kier alpha value is -2.09. The minimum Gasteiger partial charge on any atom is -0.480 e. The number of carbonyl (C=O) groups excluding carboxylic acids is 2. The van der Waals surface area contributed by atoms with Gasteiger partial charge < -0.3 is 21.5 Å². The largest absolute Gasteiger partial charge is 0.480 e. The molecule has 1 rings (SSSR count). The second kappa shape index (κ2) is 7.63. The molecule has 1 unspecified atom stereocenters. The number of carboxylic acid groups (broad SMARTS) is 1. The van der Waals surface area contributed by atoms with Crippen LogP contribution in [0.15, 0.2) is 22.7 Å². The average Bonchev–Trinajstić information content (AvgIpc) is 2.38. The number of rotatable bonds is 6. The summed E-state index contributed by atoms with van der Waals surface area (Å²) in [6, 6.07) is 3.36. The minimum atomic E-state index is -1.22. The number of amides is 3. The van der Waals surface area contributed by atoms with Crippen LogP contribution in [0.5, 0.6) is 0 Å². The zero-order chi connectivity index (χ0) is 16.0. The van der Waals surface area contributed by atoms with Crippen molar-refractivity contribution in [2.45, 2.75) is 25.8 Å². The van der Waals surface area contributed by atoms with Crippen LogP contribution < -0.4 is 16.4 Å². The van der Waals surface area contributed by atoms with Gasteiger partial charge in [0.15, 0.2) is 0 Å². The normalized spacial score (nSPS) is 11.5. The molecule has 0 heterocycles. The molecule has 1 aromatic rings. The molecule has 1 aromatic carbocycles. The van der Waals surface area contributed by atoms with Crippen molar-refractivity contribution in [3.63, 3.8) is 0 Å². The van der Waals surface area contributed by atoms with Gasteiger partial charge in [0.05, 0.1) is 0 Å². The SMILES string of the molecule is Cc1cc(NC(=O)NC(CCC(N)=O)C(=O)O)ccc1Br. The number of carboxylic acids is 1. The summed E-state index contributed by atoms with van der Waals surface area (Å²) in [5.74, 6) is -1.84. The Labute approximate surface area is 130 Å². The molecule has 114 valence electrons. The van der Waals surface area contributed by atoms with Crippen LogP contribution >= 0.6 is 15.9 Å². The molecular formula is C13H16BrN3O4. The standard InChI is InChI=1S/C13H16BrN3O4/c1-7-6-8(2-3-9(7)14)16-13(21)17-10(12(19)20)4-5-11(15)18/h2-3,6,10H,4-5H2,1H3,(H2,15,18)(H,19,20)(H2,16,17,21). The van der Waals surface area contributed by atoms with E-state index in [1.165, 1.54) is 0 Å². The van der Waals surface area contributed by atoms with Crippen LogP contribution in [-0.4, -0.2) is 29.1 Å². The number of urea groups is 1. The summed E-state index contributed by atoms with van der Waals surface area (Å²) in [4.78, 5) is 33.4. The highest BCUT2D eigenvalue weighted by molar-refractivity contribution is 9.10. The fraction of sp³-hybridized carbons (Fsp3) is 0.308. The molecule has 0 spiro atoms. The summed E-state index contributed by atoms with van der Waals surface area (Å²) in [7, 11) is 0. The maximum atomic E-state index is 11.8. The van der Waals surface area contributed by atoms with Crippen molar-refractivity contribution < 1.29 is 19.5 Å². The predicted molar refractivity (Wildman–Crippen MR) is 80.9 cm³/mol. The molecule has 0 aliphatic heterocycles. The van der Waals surface area contributed by atoms with Gasteiger partial charge in [-0.1, -0.05) is 15.9 Å². The first-order valence-corrected chi connectivity index (χ1v) is 6.93. The Balaban J connectivity index is 2.62. The third kappa shape index (κ3) is 5.82.